The van der Waals surface area contributed by atoms with E-state index in [9.17, 15) is 9.59 Å². The van der Waals surface area contributed by atoms with Crippen molar-refractivity contribution in [1.29, 1.82) is 0 Å². The van der Waals surface area contributed by atoms with Crippen LogP contribution in [0.4, 0.5) is 0 Å². The van der Waals surface area contributed by atoms with E-state index >= 15 is 0 Å². The number of esters is 2. The number of hydrogen-bond donors (Lipinski definition) is 1. The molecule has 1 saturated carbocycles. The number of hydrogen-bond acceptors (Lipinski definition) is 5. The van der Waals surface area contributed by atoms with Crippen molar-refractivity contribution >= 4 is 11.9 Å². The largest absolute Gasteiger partial charge is 0.462 e. The Balaban J connectivity index is 1.36. The van der Waals surface area contributed by atoms with Crippen LogP contribution in [0.2, 0.25) is 0 Å². The van der Waals surface area contributed by atoms with Crippen molar-refractivity contribution in [3.05, 3.63) is 83.5 Å². The van der Waals surface area contributed by atoms with E-state index in [1.54, 1.807) is 12.5 Å². The second kappa shape index (κ2) is 18.7. The minimum Gasteiger partial charge on any atom is -0.462 e. The van der Waals surface area contributed by atoms with E-state index < -0.39 is 18.5 Å². The van der Waals surface area contributed by atoms with Crippen LogP contribution in [0.1, 0.15) is 95.6 Å². The van der Waals surface area contributed by atoms with Gasteiger partial charge in [0.05, 0.1) is 25.4 Å². The Morgan fingerprint density at radius 2 is 1.58 bits per heavy atom. The summed E-state index contributed by atoms with van der Waals surface area (Å²) in [4.78, 5) is 23.7. The summed E-state index contributed by atoms with van der Waals surface area (Å²) in [7, 11) is 0. The number of rotatable bonds is 19. The van der Waals surface area contributed by atoms with Gasteiger partial charge in [0.2, 0.25) is 0 Å². The van der Waals surface area contributed by atoms with Crippen molar-refractivity contribution in [1.82, 2.24) is 0 Å². The maximum atomic E-state index is 11.9. The molecule has 0 amide bonds. The fraction of sp³-hybridized carbons (Fsp3) is 0.579. The number of carbonyl (C=O) groups is 2. The van der Waals surface area contributed by atoms with Crippen LogP contribution in [0.15, 0.2) is 72.4 Å². The Hall–Kier alpha value is -2.92. The quantitative estimate of drug-likeness (QED) is 0.0997. The van der Waals surface area contributed by atoms with Crippen LogP contribution >= 0.6 is 0 Å². The minimum absolute atomic E-state index is 0.0129. The number of benzene rings is 1. The lowest BCUT2D eigenvalue weighted by molar-refractivity contribution is -0.144. The molecule has 1 fully saturated rings. The SMILES string of the molecule is C=C(C)C(=O)OCC(CCCCc1ccc(CCC2CCC3C=C(CCCCC)C=CC3C2)cc1)COC(=O)C(=C)CO. The number of allylic oxidation sites excluding steroid dienone is 4. The van der Waals surface area contributed by atoms with Gasteiger partial charge in [0.1, 0.15) is 0 Å². The molecule has 236 valence electrons. The van der Waals surface area contributed by atoms with Gasteiger partial charge in [-0.05, 0) is 100 Å². The lowest BCUT2D eigenvalue weighted by Gasteiger charge is -2.35. The van der Waals surface area contributed by atoms with Crippen molar-refractivity contribution in [2.45, 2.75) is 97.3 Å². The summed E-state index contributed by atoms with van der Waals surface area (Å²) >= 11 is 0. The number of aliphatic hydroxyl groups excluding tert-OH is 1. The standard InChI is InChI=1S/C38H54O5/c1-5-6-7-11-32-19-21-36-24-33(20-22-35(36)23-32)18-17-31-15-13-30(14-16-31)10-8-9-12-34(26-42-37(40)28(2)3)27-43-38(41)29(4)25-39/h13-16,19,21,23,33-36,39H,2,4-12,17-18,20,22,24-27H2,1,3H3. The maximum absolute atomic E-state index is 11.9. The van der Waals surface area contributed by atoms with Gasteiger partial charge >= 0.3 is 11.9 Å². The van der Waals surface area contributed by atoms with Gasteiger partial charge < -0.3 is 14.6 Å². The second-order valence-corrected chi connectivity index (χ2v) is 12.8. The fourth-order valence-corrected chi connectivity index (χ4v) is 6.23. The summed E-state index contributed by atoms with van der Waals surface area (Å²) < 4.78 is 10.6. The van der Waals surface area contributed by atoms with E-state index in [1.807, 2.05) is 0 Å². The summed E-state index contributed by atoms with van der Waals surface area (Å²) in [6, 6.07) is 9.10. The Bertz CT molecular complexity index is 1110. The first-order chi connectivity index (χ1) is 20.8. The molecule has 2 aliphatic rings. The van der Waals surface area contributed by atoms with E-state index in [2.05, 4.69) is 62.6 Å². The van der Waals surface area contributed by atoms with Gasteiger partial charge in [-0.25, -0.2) is 9.59 Å². The summed E-state index contributed by atoms with van der Waals surface area (Å²) in [5.74, 6) is 1.13. The summed E-state index contributed by atoms with van der Waals surface area (Å²) in [5.41, 5.74) is 4.68. The highest BCUT2D eigenvalue weighted by atomic mass is 16.5. The highest BCUT2D eigenvalue weighted by molar-refractivity contribution is 5.88. The number of ether oxygens (including phenoxy) is 2. The molecule has 4 unspecified atom stereocenters. The zero-order chi connectivity index (χ0) is 31.0. The topological polar surface area (TPSA) is 72.8 Å². The van der Waals surface area contributed by atoms with E-state index in [4.69, 9.17) is 14.6 Å². The molecular weight excluding hydrogens is 536 g/mol. The molecule has 1 aromatic carbocycles. The Labute approximate surface area is 260 Å². The highest BCUT2D eigenvalue weighted by Crippen LogP contribution is 2.40. The average molecular weight is 591 g/mol. The van der Waals surface area contributed by atoms with E-state index in [-0.39, 0.29) is 24.7 Å². The molecule has 2 aliphatic carbocycles. The molecule has 1 aromatic rings. The van der Waals surface area contributed by atoms with Gasteiger partial charge in [0.25, 0.3) is 0 Å². The van der Waals surface area contributed by atoms with Crippen LogP contribution in [0.3, 0.4) is 0 Å². The van der Waals surface area contributed by atoms with Crippen molar-refractivity contribution in [3.63, 3.8) is 0 Å². The molecule has 1 N–H and O–H groups in total. The number of unbranched alkanes of at least 4 members (excludes halogenated alkanes) is 3. The predicted molar refractivity (Wildman–Crippen MR) is 174 cm³/mol. The molecule has 5 heteroatoms. The number of aliphatic hydroxyl groups is 1. The Morgan fingerprint density at radius 3 is 2.26 bits per heavy atom. The molecular formula is C38H54O5. The first-order valence-corrected chi connectivity index (χ1v) is 16.5. The Kier molecular flexibility index (Phi) is 15.0. The lowest BCUT2D eigenvalue weighted by atomic mass is 9.70. The normalized spacial score (nSPS) is 20.1. The molecule has 3 rings (SSSR count). The van der Waals surface area contributed by atoms with Gasteiger partial charge in [-0.15, -0.1) is 0 Å². The van der Waals surface area contributed by atoms with E-state index in [0.717, 1.165) is 49.9 Å². The third kappa shape index (κ3) is 12.3. The number of aryl methyl sites for hydroxylation is 2. The van der Waals surface area contributed by atoms with Crippen LogP contribution < -0.4 is 0 Å². The van der Waals surface area contributed by atoms with Crippen LogP contribution in [-0.2, 0) is 31.9 Å². The average Bonchev–Trinajstić information content (AvgIpc) is 3.02. The first kappa shape index (κ1) is 34.6. The molecule has 0 bridgehead atoms. The molecule has 5 nitrogen and oxygen atoms in total. The second-order valence-electron chi connectivity index (χ2n) is 12.8. The molecule has 0 heterocycles. The predicted octanol–water partition coefficient (Wildman–Crippen LogP) is 8.27. The van der Waals surface area contributed by atoms with Crippen molar-refractivity contribution < 1.29 is 24.2 Å². The Morgan fingerprint density at radius 1 is 0.907 bits per heavy atom. The van der Waals surface area contributed by atoms with Crippen molar-refractivity contribution in [3.8, 4) is 0 Å². The smallest absolute Gasteiger partial charge is 0.335 e. The summed E-state index contributed by atoms with van der Waals surface area (Å²) in [6.45, 7) is 10.8. The third-order valence-electron chi connectivity index (χ3n) is 9.04. The van der Waals surface area contributed by atoms with Crippen LogP contribution in [0, 0.1) is 23.7 Å². The van der Waals surface area contributed by atoms with Gasteiger partial charge in [-0.3, -0.25) is 0 Å². The molecule has 0 spiro atoms. The lowest BCUT2D eigenvalue weighted by Crippen LogP contribution is -2.24. The zero-order valence-electron chi connectivity index (χ0n) is 26.7. The third-order valence-corrected chi connectivity index (χ3v) is 9.04. The van der Waals surface area contributed by atoms with Gasteiger partial charge in [0.15, 0.2) is 0 Å². The number of fused-ring (bicyclic) bond motifs is 1. The molecule has 0 aromatic heterocycles. The molecule has 4 atom stereocenters. The molecule has 0 radical (unpaired) electrons. The maximum Gasteiger partial charge on any atom is 0.335 e. The van der Waals surface area contributed by atoms with Crippen LogP contribution in [0.5, 0.6) is 0 Å². The summed E-state index contributed by atoms with van der Waals surface area (Å²) in [5, 5.41) is 9.08. The monoisotopic (exact) mass is 590 g/mol. The van der Waals surface area contributed by atoms with Crippen molar-refractivity contribution in [2.24, 2.45) is 23.7 Å². The highest BCUT2D eigenvalue weighted by Gasteiger charge is 2.29. The van der Waals surface area contributed by atoms with Crippen LogP contribution in [-0.4, -0.2) is 36.9 Å². The fourth-order valence-electron chi connectivity index (χ4n) is 6.23. The zero-order valence-corrected chi connectivity index (χ0v) is 26.7. The molecule has 0 aliphatic heterocycles. The molecule has 43 heavy (non-hydrogen) atoms. The minimum atomic E-state index is -0.624. The van der Waals surface area contributed by atoms with E-state index in [1.165, 1.54) is 62.5 Å². The van der Waals surface area contributed by atoms with Gasteiger partial charge in [0, 0.05) is 11.5 Å². The van der Waals surface area contributed by atoms with Gasteiger partial charge in [-0.2, -0.15) is 0 Å². The van der Waals surface area contributed by atoms with Crippen LogP contribution in [0.25, 0.3) is 0 Å². The molecule has 0 saturated heterocycles. The van der Waals surface area contributed by atoms with Crippen molar-refractivity contribution in [2.75, 3.05) is 19.8 Å². The first-order valence-electron chi connectivity index (χ1n) is 16.5. The van der Waals surface area contributed by atoms with E-state index in [0.29, 0.717) is 5.57 Å². The summed E-state index contributed by atoms with van der Waals surface area (Å²) in [6.07, 6.45) is 22.8. The number of carbonyl (C=O) groups excluding carboxylic acids is 2. The van der Waals surface area contributed by atoms with Gasteiger partial charge in [-0.1, -0.05) is 87.4 Å².